The molecule has 0 bridgehead atoms. The molecule has 0 saturated heterocycles. The second kappa shape index (κ2) is 4.11. The van der Waals surface area contributed by atoms with Gasteiger partial charge in [-0.25, -0.2) is 4.79 Å². The van der Waals surface area contributed by atoms with E-state index in [2.05, 4.69) is 6.58 Å². The van der Waals surface area contributed by atoms with E-state index in [-0.39, 0.29) is 0 Å². The number of hydrogen-bond acceptors (Lipinski definition) is 4. The highest BCUT2D eigenvalue weighted by atomic mass is 35.5. The molecule has 0 spiro atoms. The number of fused-ring (bicyclic) bond motifs is 3. The molecule has 5 heteroatoms. The normalized spacial score (nSPS) is 30.4. The van der Waals surface area contributed by atoms with Gasteiger partial charge < -0.3 is 14.2 Å². The van der Waals surface area contributed by atoms with E-state index < -0.39 is 16.4 Å². The molecule has 4 nitrogen and oxygen atoms in total. The lowest BCUT2D eigenvalue weighted by Gasteiger charge is -2.53. The van der Waals surface area contributed by atoms with E-state index >= 15 is 0 Å². The quantitative estimate of drug-likeness (QED) is 0.372. The number of carbonyl (C=O) groups excluding carboxylic acids is 1. The Hall–Kier alpha value is -1.78. The van der Waals surface area contributed by atoms with Crippen molar-refractivity contribution in [1.82, 2.24) is 0 Å². The standard InChI is InChI=1S/C15H13ClO4/c1-9(18-2)14(19-3)8-11-13(17)20-12-7-5-4-6-10(12)15(11,14)16/h4-8H,1H2,2-3H3/t14?,15-/m0/s1. The molecular weight excluding hydrogens is 280 g/mol. The summed E-state index contributed by atoms with van der Waals surface area (Å²) in [5.74, 6) is 0.285. The summed E-state index contributed by atoms with van der Waals surface area (Å²) in [5, 5.41) is 0. The molecular formula is C15H13ClO4. The summed E-state index contributed by atoms with van der Waals surface area (Å²) < 4.78 is 16.0. The van der Waals surface area contributed by atoms with Crippen molar-refractivity contribution in [1.29, 1.82) is 0 Å². The summed E-state index contributed by atoms with van der Waals surface area (Å²) in [6.07, 6.45) is 1.60. The zero-order valence-corrected chi connectivity index (χ0v) is 11.9. The average Bonchev–Trinajstić information content (AvgIpc) is 2.45. The number of methoxy groups -OCH3 is 2. The van der Waals surface area contributed by atoms with Gasteiger partial charge in [0.05, 0.1) is 12.7 Å². The number of carbonyl (C=O) groups is 1. The van der Waals surface area contributed by atoms with E-state index in [1.54, 1.807) is 24.3 Å². The number of benzene rings is 1. The van der Waals surface area contributed by atoms with Gasteiger partial charge in [0.15, 0.2) is 5.60 Å². The second-order valence-electron chi connectivity index (χ2n) is 4.67. The largest absolute Gasteiger partial charge is 0.498 e. The Morgan fingerprint density at radius 1 is 1.35 bits per heavy atom. The summed E-state index contributed by atoms with van der Waals surface area (Å²) in [7, 11) is 2.99. The van der Waals surface area contributed by atoms with E-state index in [1.807, 2.05) is 6.07 Å². The maximum absolute atomic E-state index is 12.0. The zero-order chi connectivity index (χ0) is 14.5. The van der Waals surface area contributed by atoms with Gasteiger partial charge in [-0.1, -0.05) is 24.8 Å². The Morgan fingerprint density at radius 3 is 2.70 bits per heavy atom. The fourth-order valence-electron chi connectivity index (χ4n) is 2.80. The number of alkyl halides is 1. The Bertz CT molecular complexity index is 651. The van der Waals surface area contributed by atoms with Crippen LogP contribution in [-0.4, -0.2) is 25.8 Å². The minimum absolute atomic E-state index is 0.336. The van der Waals surface area contributed by atoms with Crippen molar-refractivity contribution >= 4 is 17.6 Å². The molecule has 2 aliphatic rings. The third-order valence-electron chi connectivity index (χ3n) is 3.89. The van der Waals surface area contributed by atoms with E-state index in [0.29, 0.717) is 22.6 Å². The third-order valence-corrected chi connectivity index (χ3v) is 4.58. The zero-order valence-electron chi connectivity index (χ0n) is 11.1. The Balaban J connectivity index is 2.27. The van der Waals surface area contributed by atoms with Gasteiger partial charge in [-0.05, 0) is 12.1 Å². The molecule has 1 heterocycles. The molecule has 20 heavy (non-hydrogen) atoms. The van der Waals surface area contributed by atoms with Crippen molar-refractivity contribution in [2.75, 3.05) is 14.2 Å². The van der Waals surface area contributed by atoms with Gasteiger partial charge >= 0.3 is 5.97 Å². The topological polar surface area (TPSA) is 44.8 Å². The predicted molar refractivity (Wildman–Crippen MR) is 73.6 cm³/mol. The molecule has 0 fully saturated rings. The van der Waals surface area contributed by atoms with Crippen LogP contribution < -0.4 is 4.74 Å². The molecule has 1 aromatic carbocycles. The van der Waals surface area contributed by atoms with Gasteiger partial charge in [0.2, 0.25) is 0 Å². The lowest BCUT2D eigenvalue weighted by atomic mass is 9.64. The molecule has 0 amide bonds. The molecule has 2 atom stereocenters. The van der Waals surface area contributed by atoms with Crippen molar-refractivity contribution in [2.45, 2.75) is 10.5 Å². The van der Waals surface area contributed by atoms with Gasteiger partial charge in [0.25, 0.3) is 0 Å². The highest BCUT2D eigenvalue weighted by Crippen LogP contribution is 2.62. The molecule has 0 aromatic heterocycles. The molecule has 1 aliphatic carbocycles. The third kappa shape index (κ3) is 1.28. The van der Waals surface area contributed by atoms with Crippen LogP contribution in [0.1, 0.15) is 5.56 Å². The van der Waals surface area contributed by atoms with Crippen molar-refractivity contribution in [3.05, 3.63) is 53.8 Å². The number of para-hydroxylation sites is 1. The minimum atomic E-state index is -1.18. The van der Waals surface area contributed by atoms with Crippen LogP contribution >= 0.6 is 11.6 Å². The average molecular weight is 293 g/mol. The first-order valence-corrected chi connectivity index (χ1v) is 6.41. The minimum Gasteiger partial charge on any atom is -0.498 e. The molecule has 0 N–H and O–H groups in total. The first-order chi connectivity index (χ1) is 9.51. The Labute approximate surface area is 121 Å². The predicted octanol–water partition coefficient (Wildman–Crippen LogP) is 2.53. The smallest absolute Gasteiger partial charge is 0.341 e. The molecule has 1 aliphatic heterocycles. The van der Waals surface area contributed by atoms with Crippen LogP contribution in [0, 0.1) is 0 Å². The summed E-state index contributed by atoms with van der Waals surface area (Å²) in [6, 6.07) is 7.11. The molecule has 0 saturated carbocycles. The first kappa shape index (κ1) is 13.2. The van der Waals surface area contributed by atoms with Crippen LogP contribution in [0.15, 0.2) is 48.3 Å². The number of halogens is 1. The molecule has 0 radical (unpaired) electrons. The van der Waals surface area contributed by atoms with E-state index in [4.69, 9.17) is 25.8 Å². The van der Waals surface area contributed by atoms with Crippen molar-refractivity contribution in [3.63, 3.8) is 0 Å². The molecule has 3 rings (SSSR count). The van der Waals surface area contributed by atoms with E-state index in [9.17, 15) is 4.79 Å². The number of rotatable bonds is 3. The maximum atomic E-state index is 12.0. The lowest BCUT2D eigenvalue weighted by Crippen LogP contribution is -2.61. The highest BCUT2D eigenvalue weighted by molar-refractivity contribution is 6.33. The van der Waals surface area contributed by atoms with Gasteiger partial charge in [-0.3, -0.25) is 0 Å². The van der Waals surface area contributed by atoms with Crippen LogP contribution in [-0.2, 0) is 19.1 Å². The number of esters is 1. The fraction of sp³-hybridized carbons (Fsp3) is 0.267. The number of hydrogen-bond donors (Lipinski definition) is 0. The van der Waals surface area contributed by atoms with Crippen LogP contribution in [0.25, 0.3) is 0 Å². The monoisotopic (exact) mass is 292 g/mol. The van der Waals surface area contributed by atoms with Gasteiger partial charge in [-0.15, -0.1) is 11.6 Å². The summed E-state index contributed by atoms with van der Waals surface area (Å²) in [5.41, 5.74) is -0.0782. The van der Waals surface area contributed by atoms with E-state index in [0.717, 1.165) is 0 Å². The Kier molecular flexibility index (Phi) is 2.71. The highest BCUT2D eigenvalue weighted by Gasteiger charge is 2.68. The Morgan fingerprint density at radius 2 is 2.05 bits per heavy atom. The van der Waals surface area contributed by atoms with Crippen LogP contribution in [0.5, 0.6) is 5.75 Å². The van der Waals surface area contributed by atoms with Gasteiger partial charge in [0.1, 0.15) is 16.4 Å². The number of ether oxygens (including phenoxy) is 3. The summed E-state index contributed by atoms with van der Waals surface area (Å²) in [4.78, 5) is 10.9. The summed E-state index contributed by atoms with van der Waals surface area (Å²) >= 11 is 6.80. The van der Waals surface area contributed by atoms with Crippen molar-refractivity contribution in [3.8, 4) is 5.75 Å². The lowest BCUT2D eigenvalue weighted by molar-refractivity contribution is -0.135. The van der Waals surface area contributed by atoms with E-state index in [1.165, 1.54) is 14.2 Å². The SMILES string of the molecule is C=C(OC)C1(OC)C=C2C(=O)Oc3ccccc3[C@]21Cl. The fourth-order valence-corrected chi connectivity index (χ4v) is 3.33. The van der Waals surface area contributed by atoms with Crippen molar-refractivity contribution < 1.29 is 19.0 Å². The maximum Gasteiger partial charge on any atom is 0.341 e. The van der Waals surface area contributed by atoms with Gasteiger partial charge in [-0.2, -0.15) is 0 Å². The molecule has 1 aromatic rings. The first-order valence-electron chi connectivity index (χ1n) is 6.03. The van der Waals surface area contributed by atoms with Crippen LogP contribution in [0.4, 0.5) is 0 Å². The van der Waals surface area contributed by atoms with Gasteiger partial charge in [0, 0.05) is 12.7 Å². The van der Waals surface area contributed by atoms with Crippen LogP contribution in [0.2, 0.25) is 0 Å². The summed E-state index contributed by atoms with van der Waals surface area (Å²) in [6.45, 7) is 3.84. The molecule has 104 valence electrons. The second-order valence-corrected chi connectivity index (χ2v) is 5.24. The molecule has 1 unspecified atom stereocenters. The van der Waals surface area contributed by atoms with Crippen LogP contribution in [0.3, 0.4) is 0 Å². The van der Waals surface area contributed by atoms with Crippen molar-refractivity contribution in [2.24, 2.45) is 0 Å².